The second-order valence-corrected chi connectivity index (χ2v) is 9.34. The van der Waals surface area contributed by atoms with Crippen LogP contribution in [0.25, 0.3) is 5.70 Å². The molecule has 3 heterocycles. The van der Waals surface area contributed by atoms with Gasteiger partial charge in [0, 0.05) is 20.6 Å². The van der Waals surface area contributed by atoms with Crippen molar-refractivity contribution in [2.24, 2.45) is 0 Å². The molecule has 32 heavy (non-hydrogen) atoms. The molecule has 4 aromatic rings. The topological polar surface area (TPSA) is 52.0 Å². The highest BCUT2D eigenvalue weighted by molar-refractivity contribution is 9.10. The lowest BCUT2D eigenvalue weighted by atomic mass is 9.84. The van der Waals surface area contributed by atoms with Crippen LogP contribution in [-0.2, 0) is 0 Å². The maximum atomic E-state index is 6.63. The molecule has 0 radical (unpaired) electrons. The number of aryl methyl sites for hydroxylation is 1. The predicted molar refractivity (Wildman–Crippen MR) is 129 cm³/mol. The second-order valence-electron chi connectivity index (χ2n) is 7.99. The van der Waals surface area contributed by atoms with E-state index in [2.05, 4.69) is 74.7 Å². The molecule has 7 heteroatoms. The van der Waals surface area contributed by atoms with Crippen LogP contribution < -0.4 is 10.1 Å². The fourth-order valence-corrected chi connectivity index (χ4v) is 5.04. The minimum Gasteiger partial charge on any atom is -0.480 e. The highest BCUT2D eigenvalue weighted by Gasteiger charge is 2.41. The van der Waals surface area contributed by atoms with E-state index < -0.39 is 0 Å². The van der Waals surface area contributed by atoms with E-state index in [0.717, 1.165) is 38.2 Å². The quantitative estimate of drug-likeness (QED) is 0.335. The van der Waals surface area contributed by atoms with Crippen molar-refractivity contribution in [3.63, 3.8) is 0 Å². The maximum absolute atomic E-state index is 6.63. The fraction of sp³-hybridized carbons (Fsp3) is 0.120. The van der Waals surface area contributed by atoms with E-state index >= 15 is 0 Å². The van der Waals surface area contributed by atoms with Gasteiger partial charge in [0.2, 0.25) is 5.95 Å². The first-order chi connectivity index (χ1) is 15.6. The molecule has 2 atom stereocenters. The van der Waals surface area contributed by atoms with Crippen molar-refractivity contribution in [3.05, 3.63) is 110 Å². The normalized spacial score (nSPS) is 18.8. The van der Waals surface area contributed by atoms with E-state index in [0.29, 0.717) is 11.0 Å². The second kappa shape index (κ2) is 7.50. The van der Waals surface area contributed by atoms with E-state index in [1.807, 2.05) is 35.0 Å². The molecule has 0 fully saturated rings. The van der Waals surface area contributed by atoms with Crippen molar-refractivity contribution in [1.82, 2.24) is 14.8 Å². The van der Waals surface area contributed by atoms with Gasteiger partial charge in [-0.2, -0.15) is 10.1 Å². The Morgan fingerprint density at radius 2 is 1.88 bits per heavy atom. The molecule has 3 aromatic carbocycles. The average molecular weight is 506 g/mol. The Morgan fingerprint density at radius 3 is 2.69 bits per heavy atom. The lowest BCUT2D eigenvalue weighted by Gasteiger charge is -2.39. The van der Waals surface area contributed by atoms with Crippen LogP contribution in [0.2, 0.25) is 5.02 Å². The number of aromatic nitrogens is 3. The van der Waals surface area contributed by atoms with Gasteiger partial charge in [0.1, 0.15) is 24.2 Å². The van der Waals surface area contributed by atoms with Crippen LogP contribution in [-0.4, -0.2) is 14.8 Å². The minimum absolute atomic E-state index is 0.180. The Bertz CT molecular complexity index is 1380. The summed E-state index contributed by atoms with van der Waals surface area (Å²) >= 11 is 10.0. The number of fused-ring (bicyclic) bond motifs is 3. The molecule has 1 aromatic heterocycles. The molecule has 0 bridgehead atoms. The van der Waals surface area contributed by atoms with E-state index in [4.69, 9.17) is 16.3 Å². The number of nitrogens with one attached hydrogen (secondary N) is 1. The zero-order valence-electron chi connectivity index (χ0n) is 17.1. The number of ether oxygens (including phenoxy) is 1. The summed E-state index contributed by atoms with van der Waals surface area (Å²) < 4.78 is 9.55. The first-order valence-corrected chi connectivity index (χ1v) is 11.4. The van der Waals surface area contributed by atoms with Crippen LogP contribution in [0.15, 0.2) is 83.1 Å². The molecule has 158 valence electrons. The van der Waals surface area contributed by atoms with Crippen LogP contribution in [0, 0.1) is 6.92 Å². The Balaban J connectivity index is 1.64. The molecule has 0 unspecified atom stereocenters. The molecule has 0 saturated carbocycles. The van der Waals surface area contributed by atoms with Crippen LogP contribution >= 0.6 is 27.5 Å². The van der Waals surface area contributed by atoms with E-state index in [9.17, 15) is 0 Å². The molecular weight excluding hydrogens is 488 g/mol. The molecule has 5 nitrogen and oxygen atoms in total. The van der Waals surface area contributed by atoms with Crippen molar-refractivity contribution >= 4 is 39.2 Å². The van der Waals surface area contributed by atoms with Crippen molar-refractivity contribution in [2.75, 3.05) is 5.32 Å². The van der Waals surface area contributed by atoms with Crippen molar-refractivity contribution in [1.29, 1.82) is 0 Å². The average Bonchev–Trinajstić information content (AvgIpc) is 3.26. The number of anilines is 1. The first-order valence-electron chi connectivity index (χ1n) is 10.3. The van der Waals surface area contributed by atoms with Gasteiger partial charge in [0.15, 0.2) is 0 Å². The Morgan fingerprint density at radius 1 is 1.03 bits per heavy atom. The predicted octanol–water partition coefficient (Wildman–Crippen LogP) is 6.56. The zero-order chi connectivity index (χ0) is 21.8. The van der Waals surface area contributed by atoms with Gasteiger partial charge in [-0.15, -0.1) is 0 Å². The van der Waals surface area contributed by atoms with Crippen molar-refractivity contribution in [2.45, 2.75) is 19.1 Å². The summed E-state index contributed by atoms with van der Waals surface area (Å²) in [4.78, 5) is 4.47. The third kappa shape index (κ3) is 3.14. The summed E-state index contributed by atoms with van der Waals surface area (Å²) in [7, 11) is 0. The van der Waals surface area contributed by atoms with Gasteiger partial charge in [-0.25, -0.2) is 4.68 Å². The summed E-state index contributed by atoms with van der Waals surface area (Å²) in [6.45, 7) is 2.09. The molecule has 2 aliphatic rings. The Labute approximate surface area is 198 Å². The van der Waals surface area contributed by atoms with Crippen molar-refractivity contribution < 1.29 is 4.74 Å². The largest absolute Gasteiger partial charge is 0.480 e. The number of nitrogens with zero attached hydrogens (tertiary/aromatic N) is 3. The van der Waals surface area contributed by atoms with Gasteiger partial charge in [-0.05, 0) is 48.4 Å². The molecule has 6 rings (SSSR count). The monoisotopic (exact) mass is 504 g/mol. The van der Waals surface area contributed by atoms with Crippen molar-refractivity contribution in [3.8, 4) is 5.75 Å². The molecule has 1 N–H and O–H groups in total. The number of benzene rings is 3. The van der Waals surface area contributed by atoms with Gasteiger partial charge in [0.25, 0.3) is 0 Å². The standard InChI is InChI=1S/C25H18BrClN4O/c1-14-5-7-15(8-6-14)23-21-22(30-25-28-13-29-31(23)25)19-12-18(27)9-10-20(19)32-24(21)16-3-2-4-17(26)11-16/h2-13,23-24H,1H3,(H,28,29,30)/t23-,24+/m0/s1. The Kier molecular flexibility index (Phi) is 4.59. The van der Waals surface area contributed by atoms with E-state index in [1.165, 1.54) is 5.56 Å². The number of halogens is 2. The highest BCUT2D eigenvalue weighted by atomic mass is 79.9. The highest BCUT2D eigenvalue weighted by Crippen LogP contribution is 2.51. The molecular formula is C25H18BrClN4O. The summed E-state index contributed by atoms with van der Waals surface area (Å²) in [5, 5.41) is 8.73. The summed E-state index contributed by atoms with van der Waals surface area (Å²) in [5.41, 5.74) is 6.33. The molecule has 0 saturated heterocycles. The summed E-state index contributed by atoms with van der Waals surface area (Å²) in [5.74, 6) is 1.47. The van der Waals surface area contributed by atoms with Gasteiger partial charge >= 0.3 is 0 Å². The molecule has 0 amide bonds. The zero-order valence-corrected chi connectivity index (χ0v) is 19.4. The molecule has 2 aliphatic heterocycles. The number of hydrogen-bond donors (Lipinski definition) is 1. The van der Waals surface area contributed by atoms with Gasteiger partial charge in [0.05, 0.1) is 5.70 Å². The summed E-state index contributed by atoms with van der Waals surface area (Å²) in [6, 6.07) is 22.3. The SMILES string of the molecule is Cc1ccc([C@H]2C3=C(Nc4ncnn42)c2cc(Cl)ccc2O[C@@H]3c2cccc(Br)c2)cc1. The van der Waals surface area contributed by atoms with Crippen LogP contribution in [0.4, 0.5) is 5.95 Å². The van der Waals surface area contributed by atoms with Gasteiger partial charge in [-0.1, -0.05) is 69.5 Å². The van der Waals surface area contributed by atoms with Gasteiger partial charge in [-0.3, -0.25) is 0 Å². The first kappa shape index (κ1) is 19.6. The molecule has 0 spiro atoms. The fourth-order valence-electron chi connectivity index (χ4n) is 4.46. The van der Waals surface area contributed by atoms with Crippen LogP contribution in [0.5, 0.6) is 5.75 Å². The lowest BCUT2D eigenvalue weighted by molar-refractivity contribution is 0.223. The molecule has 0 aliphatic carbocycles. The third-order valence-corrected chi connectivity index (χ3v) is 6.65. The van der Waals surface area contributed by atoms with E-state index in [-0.39, 0.29) is 12.1 Å². The number of hydrogen-bond acceptors (Lipinski definition) is 4. The van der Waals surface area contributed by atoms with Crippen LogP contribution in [0.3, 0.4) is 0 Å². The van der Waals surface area contributed by atoms with Crippen LogP contribution in [0.1, 0.15) is 34.4 Å². The Hall–Kier alpha value is -3.09. The summed E-state index contributed by atoms with van der Waals surface area (Å²) in [6.07, 6.45) is 1.27. The smallest absolute Gasteiger partial charge is 0.226 e. The van der Waals surface area contributed by atoms with Gasteiger partial charge < -0.3 is 10.1 Å². The maximum Gasteiger partial charge on any atom is 0.226 e. The number of rotatable bonds is 2. The minimum atomic E-state index is -0.313. The third-order valence-electron chi connectivity index (χ3n) is 5.92. The van der Waals surface area contributed by atoms with E-state index in [1.54, 1.807) is 6.33 Å². The lowest BCUT2D eigenvalue weighted by Crippen LogP contribution is -2.32.